The second-order valence-corrected chi connectivity index (χ2v) is 20.1. The Kier molecular flexibility index (Phi) is 9.84. The van der Waals surface area contributed by atoms with Gasteiger partial charge in [0.25, 0.3) is 0 Å². The van der Waals surface area contributed by atoms with E-state index in [1.165, 1.54) is 0 Å². The average Bonchev–Trinajstić information content (AvgIpc) is 3.72. The summed E-state index contributed by atoms with van der Waals surface area (Å²) in [6, 6.07) is 78.3. The van der Waals surface area contributed by atoms with E-state index < -0.39 is 0 Å². The Hall–Kier alpha value is -10.6. The number of nitrogens with zero attached hydrogens (tertiary/aromatic N) is 6. The van der Waals surface area contributed by atoms with Gasteiger partial charge in [0.1, 0.15) is 0 Å². The van der Waals surface area contributed by atoms with Crippen molar-refractivity contribution >= 4 is 97.7 Å². The molecule has 6 nitrogen and oxygen atoms in total. The third kappa shape index (κ3) is 6.83. The number of pyridine rings is 6. The van der Waals surface area contributed by atoms with Gasteiger partial charge in [-0.2, -0.15) is 0 Å². The molecule has 0 unspecified atom stereocenters. The minimum atomic E-state index is 0.942. The zero-order valence-electron chi connectivity index (χ0n) is 41.9. The summed E-state index contributed by atoms with van der Waals surface area (Å²) in [5, 5.41) is 13.1. The van der Waals surface area contributed by atoms with Gasteiger partial charge in [0.15, 0.2) is 0 Å². The summed E-state index contributed by atoms with van der Waals surface area (Å²) in [5.74, 6) is 0. The van der Waals surface area contributed by atoms with Crippen LogP contribution >= 0.6 is 0 Å². The topological polar surface area (TPSA) is 77.3 Å². The molecule has 6 aromatic heterocycles. The molecule has 0 aliphatic rings. The first-order chi connectivity index (χ1) is 38.7. The van der Waals surface area contributed by atoms with Crippen LogP contribution < -0.4 is 0 Å². The van der Waals surface area contributed by atoms with E-state index >= 15 is 0 Å². The van der Waals surface area contributed by atoms with Crippen molar-refractivity contribution in [3.05, 3.63) is 256 Å². The highest BCUT2D eigenvalue weighted by molar-refractivity contribution is 6.26. The van der Waals surface area contributed by atoms with Gasteiger partial charge in [0.2, 0.25) is 0 Å². The number of fused-ring (bicyclic) bond motifs is 18. The molecule has 10 aromatic carbocycles. The number of hydrogen-bond donors (Lipinski definition) is 0. The summed E-state index contributed by atoms with van der Waals surface area (Å²) < 4.78 is 0. The largest absolute Gasteiger partial charge is 0.256 e. The van der Waals surface area contributed by atoms with Crippen molar-refractivity contribution in [3.8, 4) is 66.8 Å². The molecule has 0 fully saturated rings. The maximum absolute atomic E-state index is 5.25. The van der Waals surface area contributed by atoms with Gasteiger partial charge in [0.05, 0.1) is 33.1 Å². The number of hydrogen-bond acceptors (Lipinski definition) is 6. The Morgan fingerprint density at radius 1 is 0.167 bits per heavy atom. The molecule has 360 valence electrons. The quantitative estimate of drug-likeness (QED) is 0.155. The van der Waals surface area contributed by atoms with Gasteiger partial charge < -0.3 is 0 Å². The second kappa shape index (κ2) is 17.5. The fourth-order valence-electron chi connectivity index (χ4n) is 12.4. The van der Waals surface area contributed by atoms with Gasteiger partial charge >= 0.3 is 0 Å². The van der Waals surface area contributed by atoms with E-state index in [1.54, 1.807) is 0 Å². The highest BCUT2D eigenvalue weighted by Gasteiger charge is 2.20. The lowest BCUT2D eigenvalue weighted by atomic mass is 9.86. The lowest BCUT2D eigenvalue weighted by Crippen LogP contribution is -1.94. The summed E-state index contributed by atoms with van der Waals surface area (Å²) in [7, 11) is 0. The third-order valence-electron chi connectivity index (χ3n) is 15.8. The van der Waals surface area contributed by atoms with E-state index in [-0.39, 0.29) is 0 Å². The molecule has 6 heteroatoms. The highest BCUT2D eigenvalue weighted by Crippen LogP contribution is 2.45. The molecule has 0 saturated heterocycles. The zero-order chi connectivity index (χ0) is 51.3. The average molecular weight is 991 g/mol. The molecule has 16 rings (SSSR count). The third-order valence-corrected chi connectivity index (χ3v) is 15.8. The lowest BCUT2D eigenvalue weighted by molar-refractivity contribution is 1.40. The van der Waals surface area contributed by atoms with Gasteiger partial charge in [-0.15, -0.1) is 0 Å². The fourth-order valence-corrected chi connectivity index (χ4v) is 12.4. The van der Waals surface area contributed by atoms with Crippen molar-refractivity contribution in [2.75, 3.05) is 0 Å². The monoisotopic (exact) mass is 990 g/mol. The second-order valence-electron chi connectivity index (χ2n) is 20.1. The molecular weight excluding hydrogens is 949 g/mol. The van der Waals surface area contributed by atoms with Crippen LogP contribution in [0.4, 0.5) is 0 Å². The first-order valence-electron chi connectivity index (χ1n) is 26.3. The highest BCUT2D eigenvalue weighted by atomic mass is 14.7. The van der Waals surface area contributed by atoms with Crippen molar-refractivity contribution in [1.29, 1.82) is 0 Å². The predicted octanol–water partition coefficient (Wildman–Crippen LogP) is 18.4. The van der Waals surface area contributed by atoms with Crippen molar-refractivity contribution in [1.82, 2.24) is 29.9 Å². The first kappa shape index (κ1) is 43.8. The summed E-state index contributed by atoms with van der Waals surface area (Å²) in [6.07, 6.45) is 11.7. The molecule has 0 amide bonds. The number of rotatable bonds is 6. The van der Waals surface area contributed by atoms with Crippen LogP contribution in [0.3, 0.4) is 0 Å². The molecule has 16 aromatic rings. The van der Waals surface area contributed by atoms with Gasteiger partial charge in [-0.1, -0.05) is 146 Å². The smallest absolute Gasteiger partial charge is 0.0802 e. The van der Waals surface area contributed by atoms with Crippen molar-refractivity contribution in [2.45, 2.75) is 0 Å². The Morgan fingerprint density at radius 2 is 0.397 bits per heavy atom. The molecule has 0 N–H and O–H groups in total. The lowest BCUT2D eigenvalue weighted by Gasteiger charge is -2.18. The molecule has 0 radical (unpaired) electrons. The maximum Gasteiger partial charge on any atom is 0.0802 e. The Morgan fingerprint density at radius 3 is 0.692 bits per heavy atom. The van der Waals surface area contributed by atoms with Gasteiger partial charge in [-0.3, -0.25) is 29.9 Å². The van der Waals surface area contributed by atoms with E-state index in [0.717, 1.165) is 164 Å². The van der Waals surface area contributed by atoms with E-state index in [1.807, 2.05) is 55.4 Å². The Bertz CT molecular complexity index is 4550. The summed E-state index contributed by atoms with van der Waals surface area (Å²) in [5.41, 5.74) is 18.6. The maximum atomic E-state index is 5.25. The minimum Gasteiger partial charge on any atom is -0.256 e. The van der Waals surface area contributed by atoms with Crippen molar-refractivity contribution in [2.24, 2.45) is 0 Å². The summed E-state index contributed by atoms with van der Waals surface area (Å²) in [6.45, 7) is 0. The van der Waals surface area contributed by atoms with Crippen LogP contribution in [0.1, 0.15) is 0 Å². The Balaban J connectivity index is 0.925. The van der Waals surface area contributed by atoms with E-state index in [9.17, 15) is 0 Å². The zero-order valence-corrected chi connectivity index (χ0v) is 41.9. The normalized spacial score (nSPS) is 11.8. The molecule has 6 heterocycles. The van der Waals surface area contributed by atoms with Gasteiger partial charge in [-0.25, -0.2) is 0 Å². The minimum absolute atomic E-state index is 0.942. The van der Waals surface area contributed by atoms with Crippen LogP contribution in [0.5, 0.6) is 0 Å². The predicted molar refractivity (Wildman–Crippen MR) is 323 cm³/mol. The molecule has 0 spiro atoms. The molecular formula is C72H42N6. The SMILES string of the molecule is c1ccc(-c2cnc3c(c2)c2ccccc2c2ncccc23)c(-c2cc(-c3ccccc3-c3cnc4c(c3)c3ccccc3c3ncccc34)cc(-c3ccccc3-c3cnc4c(c3)c3ccccc3c3ncccc34)c2)c1. The summed E-state index contributed by atoms with van der Waals surface area (Å²) >= 11 is 0. The van der Waals surface area contributed by atoms with Crippen LogP contribution in [0.25, 0.3) is 164 Å². The van der Waals surface area contributed by atoms with Crippen molar-refractivity contribution in [3.63, 3.8) is 0 Å². The molecule has 0 aliphatic carbocycles. The van der Waals surface area contributed by atoms with Gasteiger partial charge in [-0.05, 0) is 139 Å². The van der Waals surface area contributed by atoms with Crippen LogP contribution in [-0.4, -0.2) is 29.9 Å². The van der Waals surface area contributed by atoms with Crippen LogP contribution in [0, 0.1) is 0 Å². The van der Waals surface area contributed by atoms with Gasteiger partial charge in [0, 0.05) is 102 Å². The Labute approximate surface area is 447 Å². The van der Waals surface area contributed by atoms with E-state index in [4.69, 9.17) is 29.9 Å². The molecule has 0 aliphatic heterocycles. The standard InChI is InChI=1S/C72H42N6/c1-4-19-52(46-37-64-55-22-7-10-25-58(55)67-61(28-13-31-73-67)70(64)76-40-46)49(16-1)43-34-44(50-17-2-5-20-53(50)47-38-65-56-23-8-11-26-59(56)68-62(29-14-32-74-68)71(65)77-41-47)36-45(35-43)51-18-3-6-21-54(51)48-39-66-57-24-9-12-27-60(57)69-63(30-15-33-75-69)72(66)78-42-48/h1-42H. The van der Waals surface area contributed by atoms with E-state index in [0.29, 0.717) is 0 Å². The molecule has 0 atom stereocenters. The molecule has 0 saturated carbocycles. The molecule has 78 heavy (non-hydrogen) atoms. The summed E-state index contributed by atoms with van der Waals surface area (Å²) in [4.78, 5) is 30.2. The van der Waals surface area contributed by atoms with Crippen LogP contribution in [0.2, 0.25) is 0 Å². The first-order valence-corrected chi connectivity index (χ1v) is 26.3. The van der Waals surface area contributed by atoms with Crippen molar-refractivity contribution < 1.29 is 0 Å². The number of aromatic nitrogens is 6. The van der Waals surface area contributed by atoms with E-state index in [2.05, 4.69) is 200 Å². The van der Waals surface area contributed by atoms with Crippen LogP contribution in [0.15, 0.2) is 256 Å². The van der Waals surface area contributed by atoms with Crippen LogP contribution in [-0.2, 0) is 0 Å². The molecule has 0 bridgehead atoms. The fraction of sp³-hybridized carbons (Fsp3) is 0. The number of benzene rings is 10.